The highest BCUT2D eigenvalue weighted by atomic mass is 15.1. The quantitative estimate of drug-likeness (QED) is 0.788. The average Bonchev–Trinajstić information content (AvgIpc) is 2.64. The average molecular weight is 348 g/mol. The van der Waals surface area contributed by atoms with Crippen molar-refractivity contribution < 1.29 is 0 Å². The van der Waals surface area contributed by atoms with E-state index in [4.69, 9.17) is 0 Å². The van der Waals surface area contributed by atoms with Gasteiger partial charge in [-0.1, -0.05) is 17.7 Å². The minimum atomic E-state index is 0.0264. The molecule has 1 fully saturated rings. The SMILES string of the molecule is CN=C1CCCC2(CCCC(C)=C2/C=C(\C)c2cc(C)cc(C#N)c2)N1. The number of hydrogen-bond donors (Lipinski definition) is 1. The lowest BCUT2D eigenvalue weighted by Crippen LogP contribution is -2.53. The summed E-state index contributed by atoms with van der Waals surface area (Å²) in [5.41, 5.74) is 7.17. The van der Waals surface area contributed by atoms with Crippen LogP contribution in [0.25, 0.3) is 5.57 Å². The van der Waals surface area contributed by atoms with Gasteiger partial charge in [-0.05, 0) is 87.3 Å². The molecule has 136 valence electrons. The van der Waals surface area contributed by atoms with Crippen molar-refractivity contribution in [3.8, 4) is 6.07 Å². The molecule has 1 saturated heterocycles. The summed E-state index contributed by atoms with van der Waals surface area (Å²) in [4.78, 5) is 4.45. The Morgan fingerprint density at radius 2 is 1.92 bits per heavy atom. The molecule has 26 heavy (non-hydrogen) atoms. The molecule has 1 aliphatic heterocycles. The molecule has 1 heterocycles. The number of aliphatic imine (C=N–C) groups is 1. The van der Waals surface area contributed by atoms with Gasteiger partial charge in [0.2, 0.25) is 0 Å². The zero-order valence-electron chi connectivity index (χ0n) is 16.4. The molecule has 3 heteroatoms. The molecular weight excluding hydrogens is 318 g/mol. The predicted molar refractivity (Wildman–Crippen MR) is 109 cm³/mol. The number of aryl methyl sites for hydroxylation is 1. The van der Waals surface area contributed by atoms with Gasteiger partial charge in [-0.3, -0.25) is 4.99 Å². The molecular formula is C23H29N3. The van der Waals surface area contributed by atoms with Crippen molar-refractivity contribution in [2.45, 2.75) is 64.8 Å². The van der Waals surface area contributed by atoms with Gasteiger partial charge >= 0.3 is 0 Å². The summed E-state index contributed by atoms with van der Waals surface area (Å²) in [6, 6.07) is 8.39. The molecule has 0 amide bonds. The second kappa shape index (κ2) is 7.50. The number of allylic oxidation sites excluding steroid dienone is 2. The molecule has 1 aromatic rings. The fraction of sp³-hybridized carbons (Fsp3) is 0.478. The fourth-order valence-electron chi connectivity index (χ4n) is 4.49. The summed E-state index contributed by atoms with van der Waals surface area (Å²) >= 11 is 0. The monoisotopic (exact) mass is 347 g/mol. The van der Waals surface area contributed by atoms with Crippen LogP contribution in [0.4, 0.5) is 0 Å². The number of amidine groups is 1. The molecule has 2 aliphatic rings. The first-order valence-corrected chi connectivity index (χ1v) is 9.62. The minimum Gasteiger partial charge on any atom is -0.364 e. The Morgan fingerprint density at radius 3 is 2.62 bits per heavy atom. The van der Waals surface area contributed by atoms with E-state index in [0.717, 1.165) is 28.9 Å². The third-order valence-electron chi connectivity index (χ3n) is 5.82. The summed E-state index contributed by atoms with van der Waals surface area (Å²) < 4.78 is 0. The van der Waals surface area contributed by atoms with Crippen LogP contribution in [0.3, 0.4) is 0 Å². The van der Waals surface area contributed by atoms with Crippen LogP contribution in [0.1, 0.15) is 69.1 Å². The Bertz CT molecular complexity index is 835. The van der Waals surface area contributed by atoms with Crippen LogP contribution in [0.5, 0.6) is 0 Å². The van der Waals surface area contributed by atoms with Crippen LogP contribution in [0, 0.1) is 18.3 Å². The smallest absolute Gasteiger partial charge is 0.0991 e. The molecule has 1 aliphatic carbocycles. The third-order valence-corrected chi connectivity index (χ3v) is 5.82. The molecule has 1 atom stereocenters. The number of rotatable bonds is 2. The van der Waals surface area contributed by atoms with E-state index in [1.807, 2.05) is 19.2 Å². The van der Waals surface area contributed by atoms with Crippen molar-refractivity contribution in [1.29, 1.82) is 5.26 Å². The summed E-state index contributed by atoms with van der Waals surface area (Å²) in [6.07, 6.45) is 9.33. The van der Waals surface area contributed by atoms with Crippen molar-refractivity contribution in [2.75, 3.05) is 7.05 Å². The molecule has 1 aromatic carbocycles. The fourth-order valence-corrected chi connectivity index (χ4v) is 4.49. The standard InChI is InChI=1S/C23H29N3/c1-16-11-19(15-24)14-20(12-16)18(3)13-21-17(2)7-5-9-23(21)10-6-8-22(25-4)26-23/h11-14H,5-10H2,1-4H3,(H,25,26)/b18-13+. The molecule has 0 bridgehead atoms. The Kier molecular flexibility index (Phi) is 5.32. The van der Waals surface area contributed by atoms with E-state index in [9.17, 15) is 5.26 Å². The van der Waals surface area contributed by atoms with E-state index in [-0.39, 0.29) is 5.54 Å². The summed E-state index contributed by atoms with van der Waals surface area (Å²) in [6.45, 7) is 6.49. The van der Waals surface area contributed by atoms with Gasteiger partial charge in [0, 0.05) is 13.5 Å². The molecule has 3 nitrogen and oxygen atoms in total. The van der Waals surface area contributed by atoms with E-state index in [1.165, 1.54) is 48.8 Å². The third kappa shape index (κ3) is 3.60. The highest BCUT2D eigenvalue weighted by Crippen LogP contribution is 2.41. The Morgan fingerprint density at radius 1 is 1.19 bits per heavy atom. The number of piperidine rings is 1. The Labute approximate surface area is 157 Å². The normalized spacial score (nSPS) is 25.3. The number of nitriles is 1. The maximum absolute atomic E-state index is 9.28. The number of benzene rings is 1. The highest BCUT2D eigenvalue weighted by molar-refractivity contribution is 5.84. The molecule has 1 unspecified atom stereocenters. The van der Waals surface area contributed by atoms with Gasteiger partial charge in [-0.15, -0.1) is 0 Å². The first kappa shape index (κ1) is 18.5. The van der Waals surface area contributed by atoms with Gasteiger partial charge in [0.15, 0.2) is 0 Å². The van der Waals surface area contributed by atoms with Gasteiger partial charge in [-0.2, -0.15) is 5.26 Å². The van der Waals surface area contributed by atoms with E-state index in [0.29, 0.717) is 0 Å². The van der Waals surface area contributed by atoms with Gasteiger partial charge in [0.25, 0.3) is 0 Å². The van der Waals surface area contributed by atoms with Crippen LogP contribution in [-0.4, -0.2) is 18.4 Å². The van der Waals surface area contributed by atoms with Crippen LogP contribution in [0.2, 0.25) is 0 Å². The predicted octanol–water partition coefficient (Wildman–Crippen LogP) is 5.31. The first-order valence-electron chi connectivity index (χ1n) is 9.62. The second-order valence-electron chi connectivity index (χ2n) is 7.81. The molecule has 3 rings (SSSR count). The summed E-state index contributed by atoms with van der Waals surface area (Å²) in [5, 5.41) is 13.1. The van der Waals surface area contributed by atoms with E-state index in [2.05, 4.69) is 49.3 Å². The largest absolute Gasteiger partial charge is 0.364 e. The number of nitrogens with zero attached hydrogens (tertiary/aromatic N) is 2. The van der Waals surface area contributed by atoms with Gasteiger partial charge in [0.05, 0.1) is 23.0 Å². The lowest BCUT2D eigenvalue weighted by Gasteiger charge is -2.44. The minimum absolute atomic E-state index is 0.0264. The Hall–Kier alpha value is -2.34. The van der Waals surface area contributed by atoms with Crippen LogP contribution >= 0.6 is 0 Å². The van der Waals surface area contributed by atoms with E-state index >= 15 is 0 Å². The first-order chi connectivity index (χ1) is 12.5. The topological polar surface area (TPSA) is 48.2 Å². The maximum Gasteiger partial charge on any atom is 0.0991 e. The highest BCUT2D eigenvalue weighted by Gasteiger charge is 2.39. The van der Waals surface area contributed by atoms with Gasteiger partial charge in [0.1, 0.15) is 0 Å². The summed E-state index contributed by atoms with van der Waals surface area (Å²) in [5.74, 6) is 1.14. The zero-order valence-corrected chi connectivity index (χ0v) is 16.4. The van der Waals surface area contributed by atoms with Crippen molar-refractivity contribution >= 4 is 11.4 Å². The second-order valence-corrected chi connectivity index (χ2v) is 7.81. The maximum atomic E-state index is 9.28. The van der Waals surface area contributed by atoms with E-state index < -0.39 is 0 Å². The van der Waals surface area contributed by atoms with Gasteiger partial charge < -0.3 is 5.32 Å². The van der Waals surface area contributed by atoms with Crippen molar-refractivity contribution in [2.24, 2.45) is 4.99 Å². The lowest BCUT2D eigenvalue weighted by molar-refractivity contribution is 0.332. The van der Waals surface area contributed by atoms with Crippen LogP contribution in [-0.2, 0) is 0 Å². The molecule has 0 saturated carbocycles. The summed E-state index contributed by atoms with van der Waals surface area (Å²) in [7, 11) is 1.89. The van der Waals surface area contributed by atoms with Crippen LogP contribution in [0.15, 0.2) is 40.4 Å². The van der Waals surface area contributed by atoms with Gasteiger partial charge in [-0.25, -0.2) is 0 Å². The zero-order chi connectivity index (χ0) is 18.7. The van der Waals surface area contributed by atoms with E-state index in [1.54, 1.807) is 0 Å². The van der Waals surface area contributed by atoms with Crippen molar-refractivity contribution in [3.63, 3.8) is 0 Å². The molecule has 1 N–H and O–H groups in total. The molecule has 0 aromatic heterocycles. The van der Waals surface area contributed by atoms with Crippen LogP contribution < -0.4 is 5.32 Å². The number of nitrogens with one attached hydrogen (secondary N) is 1. The van der Waals surface area contributed by atoms with Crippen molar-refractivity contribution in [1.82, 2.24) is 5.32 Å². The molecule has 1 spiro atoms. The Balaban J connectivity index is 2.03. The number of hydrogen-bond acceptors (Lipinski definition) is 2. The molecule has 0 radical (unpaired) electrons. The van der Waals surface area contributed by atoms with Crippen molar-refractivity contribution in [3.05, 3.63) is 52.1 Å². The lowest BCUT2D eigenvalue weighted by atomic mass is 9.71.